The van der Waals surface area contributed by atoms with E-state index >= 15 is 0 Å². The van der Waals surface area contributed by atoms with Gasteiger partial charge in [0.2, 0.25) is 10.0 Å². The molecule has 0 aromatic heterocycles. The molecule has 0 atom stereocenters. The van der Waals surface area contributed by atoms with Crippen LogP contribution in [-0.2, 0) is 27.2 Å². The normalized spacial score (nSPS) is 15.5. The van der Waals surface area contributed by atoms with E-state index in [1.165, 1.54) is 29.2 Å². The lowest BCUT2D eigenvalue weighted by Gasteiger charge is -2.34. The molecule has 1 aliphatic heterocycles. The van der Waals surface area contributed by atoms with Crippen LogP contribution < -0.4 is 4.74 Å². The van der Waals surface area contributed by atoms with Crippen molar-refractivity contribution >= 4 is 15.9 Å². The van der Waals surface area contributed by atoms with Crippen molar-refractivity contribution in [1.82, 2.24) is 9.21 Å². The summed E-state index contributed by atoms with van der Waals surface area (Å²) in [5.41, 5.74) is -3.08. The maximum atomic E-state index is 13.1. The lowest BCUT2D eigenvalue weighted by atomic mass is 10.1. The van der Waals surface area contributed by atoms with Crippen molar-refractivity contribution < 1.29 is 44.3 Å². The van der Waals surface area contributed by atoms with E-state index in [0.717, 1.165) is 4.31 Å². The zero-order chi connectivity index (χ0) is 26.0. The molecule has 1 amide bonds. The Morgan fingerprint density at radius 1 is 0.914 bits per heavy atom. The average Bonchev–Trinajstić information content (AvgIpc) is 2.81. The monoisotopic (exact) mass is 521 g/mol. The number of carbonyl (C=O) groups excluding carboxylic acids is 1. The minimum atomic E-state index is -5.19. The predicted molar refractivity (Wildman–Crippen MR) is 108 cm³/mol. The van der Waals surface area contributed by atoms with E-state index in [1.807, 2.05) is 6.07 Å². The van der Waals surface area contributed by atoms with E-state index < -0.39 is 44.3 Å². The summed E-state index contributed by atoms with van der Waals surface area (Å²) in [5.74, 6) is -0.173. The summed E-state index contributed by atoms with van der Waals surface area (Å²) in [6.45, 7) is -1.33. The Kier molecular flexibility index (Phi) is 7.32. The zero-order valence-electron chi connectivity index (χ0n) is 17.7. The summed E-state index contributed by atoms with van der Waals surface area (Å²) >= 11 is 0. The minimum Gasteiger partial charge on any atom is -0.484 e. The third kappa shape index (κ3) is 6.23. The lowest BCUT2D eigenvalue weighted by molar-refractivity contribution is -0.143. The number of sulfonamides is 1. The van der Waals surface area contributed by atoms with Crippen molar-refractivity contribution in [3.63, 3.8) is 0 Å². The molecule has 0 N–H and O–H groups in total. The number of hydrogen-bond donors (Lipinski definition) is 0. The van der Waals surface area contributed by atoms with Gasteiger partial charge >= 0.3 is 12.4 Å². The van der Waals surface area contributed by atoms with Crippen molar-refractivity contribution in [3.05, 3.63) is 59.2 Å². The molecule has 35 heavy (non-hydrogen) atoms. The number of nitrogens with zero attached hydrogens (tertiary/aromatic N) is 3. The molecule has 2 aromatic rings. The van der Waals surface area contributed by atoms with E-state index in [4.69, 9.17) is 10.00 Å². The number of benzene rings is 2. The van der Waals surface area contributed by atoms with Crippen molar-refractivity contribution in [2.75, 3.05) is 32.8 Å². The number of piperazine rings is 1. The molecule has 188 valence electrons. The van der Waals surface area contributed by atoms with Crippen LogP contribution in [0.2, 0.25) is 0 Å². The topological polar surface area (TPSA) is 90.7 Å². The first-order valence-electron chi connectivity index (χ1n) is 9.92. The number of nitriles is 1. The van der Waals surface area contributed by atoms with Crippen LogP contribution in [0.1, 0.15) is 16.7 Å². The Labute approximate surface area is 196 Å². The Balaban J connectivity index is 1.69. The molecule has 1 aliphatic rings. The smallest absolute Gasteiger partial charge is 0.416 e. The second kappa shape index (κ2) is 9.74. The van der Waals surface area contributed by atoms with Gasteiger partial charge in [-0.05, 0) is 42.5 Å². The van der Waals surface area contributed by atoms with Gasteiger partial charge in [0.15, 0.2) is 6.61 Å². The number of amides is 1. The van der Waals surface area contributed by atoms with Gasteiger partial charge in [-0.25, -0.2) is 8.42 Å². The molecule has 14 heteroatoms. The molecule has 2 aromatic carbocycles. The largest absolute Gasteiger partial charge is 0.484 e. The summed E-state index contributed by atoms with van der Waals surface area (Å²) < 4.78 is 110. The van der Waals surface area contributed by atoms with E-state index in [9.17, 15) is 39.6 Å². The van der Waals surface area contributed by atoms with Gasteiger partial charge in [-0.15, -0.1) is 0 Å². The Hall–Kier alpha value is -3.31. The highest BCUT2D eigenvalue weighted by molar-refractivity contribution is 7.89. The third-order valence-corrected chi connectivity index (χ3v) is 7.01. The fraction of sp³-hybridized carbons (Fsp3) is 0.333. The fourth-order valence-corrected chi connectivity index (χ4v) is 4.76. The predicted octanol–water partition coefficient (Wildman–Crippen LogP) is 3.51. The SMILES string of the molecule is N#Cc1ccc(OCC(=O)N2CCN(S(=O)(=O)c3cc(C(F)(F)F)cc(C(F)(F)F)c3)CC2)cc1. The molecular weight excluding hydrogens is 504 g/mol. The number of rotatable bonds is 5. The minimum absolute atomic E-state index is 0.139. The molecule has 7 nitrogen and oxygen atoms in total. The molecule has 0 aliphatic carbocycles. The highest BCUT2D eigenvalue weighted by Gasteiger charge is 2.39. The summed E-state index contributed by atoms with van der Waals surface area (Å²) in [5, 5.41) is 8.77. The van der Waals surface area contributed by atoms with Crippen LogP contribution in [0.25, 0.3) is 0 Å². The lowest BCUT2D eigenvalue weighted by Crippen LogP contribution is -2.51. The van der Waals surface area contributed by atoms with Crippen LogP contribution in [0.5, 0.6) is 5.75 Å². The summed E-state index contributed by atoms with van der Waals surface area (Å²) in [4.78, 5) is 12.5. The van der Waals surface area contributed by atoms with Gasteiger partial charge in [-0.1, -0.05) is 0 Å². The van der Waals surface area contributed by atoms with Gasteiger partial charge in [0.25, 0.3) is 5.91 Å². The average molecular weight is 521 g/mol. The Morgan fingerprint density at radius 2 is 1.43 bits per heavy atom. The first-order chi connectivity index (χ1) is 16.2. The van der Waals surface area contributed by atoms with E-state index in [1.54, 1.807) is 0 Å². The van der Waals surface area contributed by atoms with Crippen LogP contribution in [0, 0.1) is 11.3 Å². The number of alkyl halides is 6. The number of carbonyl (C=O) groups is 1. The fourth-order valence-electron chi connectivity index (χ4n) is 3.26. The van der Waals surface area contributed by atoms with Crippen LogP contribution in [0.3, 0.4) is 0 Å². The number of hydrogen-bond acceptors (Lipinski definition) is 5. The third-order valence-electron chi connectivity index (χ3n) is 5.14. The number of halogens is 6. The van der Waals surface area contributed by atoms with Gasteiger partial charge in [-0.3, -0.25) is 4.79 Å². The van der Waals surface area contributed by atoms with Gasteiger partial charge in [0, 0.05) is 26.2 Å². The van der Waals surface area contributed by atoms with Crippen LogP contribution in [0.15, 0.2) is 47.4 Å². The molecule has 0 bridgehead atoms. The highest BCUT2D eigenvalue weighted by atomic mass is 32.2. The van der Waals surface area contributed by atoms with Crippen LogP contribution >= 0.6 is 0 Å². The molecule has 0 unspecified atom stereocenters. The molecule has 1 heterocycles. The zero-order valence-corrected chi connectivity index (χ0v) is 18.5. The Bertz CT molecular complexity index is 1200. The summed E-state index contributed by atoms with van der Waals surface area (Å²) in [7, 11) is -4.70. The maximum Gasteiger partial charge on any atom is 0.416 e. The number of ether oxygens (including phenoxy) is 1. The first-order valence-corrected chi connectivity index (χ1v) is 11.4. The Morgan fingerprint density at radius 3 is 1.89 bits per heavy atom. The molecule has 1 saturated heterocycles. The quantitative estimate of drug-likeness (QED) is 0.562. The van der Waals surface area contributed by atoms with Gasteiger partial charge < -0.3 is 9.64 Å². The van der Waals surface area contributed by atoms with Crippen LogP contribution in [0.4, 0.5) is 26.3 Å². The molecule has 1 fully saturated rings. The van der Waals surface area contributed by atoms with Crippen molar-refractivity contribution in [1.29, 1.82) is 5.26 Å². The molecular formula is C21H17F6N3O4S. The summed E-state index contributed by atoms with van der Waals surface area (Å²) in [6.07, 6.45) is -10.4. The second-order valence-corrected chi connectivity index (χ2v) is 9.39. The molecule has 3 rings (SSSR count). The van der Waals surface area contributed by atoms with Crippen molar-refractivity contribution in [2.24, 2.45) is 0 Å². The van der Waals surface area contributed by atoms with Gasteiger partial charge in [-0.2, -0.15) is 35.9 Å². The standard InChI is InChI=1S/C21H17F6N3O4S/c22-20(23,24)15-9-16(21(25,26)27)11-18(10-15)35(32,33)30-7-5-29(6-8-30)19(31)13-34-17-3-1-14(12-28)2-4-17/h1-4,9-11H,5-8,13H2. The highest BCUT2D eigenvalue weighted by Crippen LogP contribution is 2.37. The summed E-state index contributed by atoms with van der Waals surface area (Å²) in [6, 6.07) is 8.04. The second-order valence-electron chi connectivity index (χ2n) is 7.45. The van der Waals surface area contributed by atoms with Crippen molar-refractivity contribution in [2.45, 2.75) is 17.2 Å². The molecule has 0 radical (unpaired) electrons. The van der Waals surface area contributed by atoms with Crippen LogP contribution in [-0.4, -0.2) is 56.3 Å². The molecule has 0 spiro atoms. The van der Waals surface area contributed by atoms with E-state index in [-0.39, 0.29) is 51.0 Å². The van der Waals surface area contributed by atoms with E-state index in [0.29, 0.717) is 11.3 Å². The van der Waals surface area contributed by atoms with Gasteiger partial charge in [0.1, 0.15) is 5.75 Å². The van der Waals surface area contributed by atoms with Crippen molar-refractivity contribution in [3.8, 4) is 11.8 Å². The molecule has 0 saturated carbocycles. The maximum absolute atomic E-state index is 13.1. The van der Waals surface area contributed by atoms with E-state index in [2.05, 4.69) is 0 Å². The first kappa shape index (κ1) is 26.3. The van der Waals surface area contributed by atoms with Gasteiger partial charge in [0.05, 0.1) is 27.7 Å².